The van der Waals surface area contributed by atoms with Crippen molar-refractivity contribution in [1.29, 1.82) is 0 Å². The third-order valence-electron chi connectivity index (χ3n) is 5.63. The van der Waals surface area contributed by atoms with Gasteiger partial charge in [-0.1, -0.05) is 0 Å². The van der Waals surface area contributed by atoms with Gasteiger partial charge in [-0.05, 0) is 31.5 Å². The molecule has 2 aliphatic rings. The van der Waals surface area contributed by atoms with Crippen molar-refractivity contribution in [3.63, 3.8) is 0 Å². The molecule has 0 saturated carbocycles. The van der Waals surface area contributed by atoms with E-state index in [-0.39, 0.29) is 28.7 Å². The van der Waals surface area contributed by atoms with E-state index in [1.165, 1.54) is 6.07 Å². The van der Waals surface area contributed by atoms with E-state index in [0.717, 1.165) is 18.6 Å². The molecule has 5 nitrogen and oxygen atoms in total. The Balaban J connectivity index is 1.81. The number of rotatable bonds is 4. The topological polar surface area (TPSA) is 49.9 Å². The number of carbonyl (C=O) groups is 2. The molecule has 2 saturated heterocycles. The zero-order valence-corrected chi connectivity index (χ0v) is 15.1. The zero-order chi connectivity index (χ0) is 18.9. The SMILES string of the molecule is CCOCC12CCN(C(C)=O)CC1CN(C(=O)c1ccc(F)c(F)c1)C2. The Bertz CT molecular complexity index is 712. The average Bonchev–Trinajstić information content (AvgIpc) is 3.00. The van der Waals surface area contributed by atoms with Gasteiger partial charge in [-0.2, -0.15) is 0 Å². The summed E-state index contributed by atoms with van der Waals surface area (Å²) in [4.78, 5) is 28.0. The van der Waals surface area contributed by atoms with E-state index in [1.807, 2.05) is 6.92 Å². The fraction of sp³-hybridized carbons (Fsp3) is 0.579. The third-order valence-corrected chi connectivity index (χ3v) is 5.63. The van der Waals surface area contributed by atoms with Crippen LogP contribution in [0, 0.1) is 23.0 Å². The first kappa shape index (κ1) is 18.8. The second kappa shape index (κ2) is 7.31. The molecule has 0 spiro atoms. The van der Waals surface area contributed by atoms with Crippen LogP contribution in [-0.2, 0) is 9.53 Å². The zero-order valence-electron chi connectivity index (χ0n) is 15.1. The maximum absolute atomic E-state index is 13.5. The summed E-state index contributed by atoms with van der Waals surface area (Å²) in [5, 5.41) is 0. The molecule has 1 aromatic rings. The standard InChI is InChI=1S/C19H24F2N2O3/c1-3-26-12-19-6-7-22(13(2)24)9-15(19)10-23(11-19)18(25)14-4-5-16(20)17(21)8-14/h4-5,8,15H,3,6-7,9-12H2,1-2H3. The molecular formula is C19H24F2N2O3. The Kier molecular flexibility index (Phi) is 5.27. The lowest BCUT2D eigenvalue weighted by molar-refractivity contribution is -0.133. The second-order valence-corrected chi connectivity index (χ2v) is 7.23. The van der Waals surface area contributed by atoms with Crippen LogP contribution in [0.2, 0.25) is 0 Å². The molecule has 2 heterocycles. The fourth-order valence-corrected chi connectivity index (χ4v) is 4.08. The summed E-state index contributed by atoms with van der Waals surface area (Å²) in [7, 11) is 0. The molecule has 2 aliphatic heterocycles. The van der Waals surface area contributed by atoms with Gasteiger partial charge in [0, 0.05) is 56.6 Å². The Morgan fingerprint density at radius 3 is 2.62 bits per heavy atom. The summed E-state index contributed by atoms with van der Waals surface area (Å²) in [6.07, 6.45) is 0.763. The normalized spacial score (nSPS) is 25.3. The van der Waals surface area contributed by atoms with Gasteiger partial charge in [0.15, 0.2) is 11.6 Å². The van der Waals surface area contributed by atoms with E-state index in [9.17, 15) is 18.4 Å². The van der Waals surface area contributed by atoms with Crippen molar-refractivity contribution in [1.82, 2.24) is 9.80 Å². The molecule has 0 bridgehead atoms. The average molecular weight is 366 g/mol. The van der Waals surface area contributed by atoms with Crippen molar-refractivity contribution >= 4 is 11.8 Å². The number of piperidine rings is 1. The van der Waals surface area contributed by atoms with Crippen molar-refractivity contribution in [2.24, 2.45) is 11.3 Å². The summed E-state index contributed by atoms with van der Waals surface area (Å²) >= 11 is 0. The van der Waals surface area contributed by atoms with E-state index >= 15 is 0 Å². The summed E-state index contributed by atoms with van der Waals surface area (Å²) in [6.45, 7) is 6.81. The first-order chi connectivity index (χ1) is 12.4. The fourth-order valence-electron chi connectivity index (χ4n) is 4.08. The van der Waals surface area contributed by atoms with Crippen molar-refractivity contribution in [3.05, 3.63) is 35.4 Å². The molecule has 0 radical (unpaired) electrons. The highest BCUT2D eigenvalue weighted by Crippen LogP contribution is 2.43. The van der Waals surface area contributed by atoms with Crippen LogP contribution < -0.4 is 0 Å². The molecule has 26 heavy (non-hydrogen) atoms. The van der Waals surface area contributed by atoms with Crippen LogP contribution in [0.3, 0.4) is 0 Å². The molecular weight excluding hydrogens is 342 g/mol. The van der Waals surface area contributed by atoms with Crippen LogP contribution in [0.1, 0.15) is 30.6 Å². The quantitative estimate of drug-likeness (QED) is 0.822. The van der Waals surface area contributed by atoms with Gasteiger partial charge in [-0.3, -0.25) is 9.59 Å². The second-order valence-electron chi connectivity index (χ2n) is 7.23. The predicted octanol–water partition coefficient (Wildman–Crippen LogP) is 2.31. The number of amides is 2. The third kappa shape index (κ3) is 3.45. The lowest BCUT2D eigenvalue weighted by Crippen LogP contribution is -2.50. The van der Waals surface area contributed by atoms with Gasteiger partial charge in [0.05, 0.1) is 6.61 Å². The number of carbonyl (C=O) groups excluding carboxylic acids is 2. The summed E-state index contributed by atoms with van der Waals surface area (Å²) < 4.78 is 32.3. The first-order valence-corrected chi connectivity index (χ1v) is 8.94. The molecule has 1 aromatic carbocycles. The highest BCUT2D eigenvalue weighted by atomic mass is 19.2. The van der Waals surface area contributed by atoms with E-state index in [2.05, 4.69) is 0 Å². The Labute approximate surface area is 151 Å². The molecule has 2 unspecified atom stereocenters. The largest absolute Gasteiger partial charge is 0.381 e. The van der Waals surface area contributed by atoms with Crippen LogP contribution >= 0.6 is 0 Å². The minimum absolute atomic E-state index is 0.0281. The maximum atomic E-state index is 13.5. The van der Waals surface area contributed by atoms with Crippen LogP contribution in [0.15, 0.2) is 18.2 Å². The number of fused-ring (bicyclic) bond motifs is 1. The summed E-state index contributed by atoms with van der Waals surface area (Å²) in [5.74, 6) is -2.18. The van der Waals surface area contributed by atoms with Gasteiger partial charge >= 0.3 is 0 Å². The van der Waals surface area contributed by atoms with Gasteiger partial charge in [0.2, 0.25) is 5.91 Å². The monoisotopic (exact) mass is 366 g/mol. The smallest absolute Gasteiger partial charge is 0.253 e. The molecule has 2 amide bonds. The first-order valence-electron chi connectivity index (χ1n) is 8.94. The molecule has 0 N–H and O–H groups in total. The highest BCUT2D eigenvalue weighted by Gasteiger charge is 2.51. The van der Waals surface area contributed by atoms with E-state index < -0.39 is 11.6 Å². The van der Waals surface area contributed by atoms with Gasteiger partial charge in [-0.15, -0.1) is 0 Å². The highest BCUT2D eigenvalue weighted by molar-refractivity contribution is 5.94. The Morgan fingerprint density at radius 2 is 1.96 bits per heavy atom. The number of ether oxygens (including phenoxy) is 1. The maximum Gasteiger partial charge on any atom is 0.253 e. The molecule has 142 valence electrons. The Morgan fingerprint density at radius 1 is 1.23 bits per heavy atom. The van der Waals surface area contributed by atoms with E-state index in [0.29, 0.717) is 39.4 Å². The van der Waals surface area contributed by atoms with Crippen molar-refractivity contribution < 1.29 is 23.1 Å². The number of halogens is 2. The van der Waals surface area contributed by atoms with Crippen molar-refractivity contribution in [2.45, 2.75) is 20.3 Å². The lowest BCUT2D eigenvalue weighted by Gasteiger charge is -2.42. The minimum atomic E-state index is -1.03. The summed E-state index contributed by atoms with van der Waals surface area (Å²) in [5.41, 5.74) is -0.0616. The number of benzene rings is 1. The molecule has 2 fully saturated rings. The minimum Gasteiger partial charge on any atom is -0.381 e. The van der Waals surface area contributed by atoms with Crippen LogP contribution in [0.4, 0.5) is 8.78 Å². The van der Waals surface area contributed by atoms with E-state index in [4.69, 9.17) is 4.74 Å². The predicted molar refractivity (Wildman–Crippen MR) is 91.5 cm³/mol. The van der Waals surface area contributed by atoms with Crippen LogP contribution in [0.5, 0.6) is 0 Å². The molecule has 0 aromatic heterocycles. The lowest BCUT2D eigenvalue weighted by atomic mass is 9.73. The molecule has 0 aliphatic carbocycles. The van der Waals surface area contributed by atoms with Gasteiger partial charge < -0.3 is 14.5 Å². The molecule has 2 atom stereocenters. The van der Waals surface area contributed by atoms with E-state index in [1.54, 1.807) is 16.7 Å². The molecule has 3 rings (SSSR count). The summed E-state index contributed by atoms with van der Waals surface area (Å²) in [6, 6.07) is 3.22. The Hall–Kier alpha value is -2.02. The van der Waals surface area contributed by atoms with Crippen molar-refractivity contribution in [3.8, 4) is 0 Å². The van der Waals surface area contributed by atoms with Gasteiger partial charge in [0.25, 0.3) is 5.91 Å². The van der Waals surface area contributed by atoms with Gasteiger partial charge in [0.1, 0.15) is 0 Å². The number of hydrogen-bond acceptors (Lipinski definition) is 3. The number of hydrogen-bond donors (Lipinski definition) is 0. The van der Waals surface area contributed by atoms with Crippen molar-refractivity contribution in [2.75, 3.05) is 39.4 Å². The van der Waals surface area contributed by atoms with Crippen LogP contribution in [-0.4, -0.2) is 61.0 Å². The van der Waals surface area contributed by atoms with Gasteiger partial charge in [-0.25, -0.2) is 8.78 Å². The number of likely N-dealkylation sites (tertiary alicyclic amines) is 2. The number of nitrogens with zero attached hydrogens (tertiary/aromatic N) is 2. The molecule has 7 heteroatoms. The van der Waals surface area contributed by atoms with Crippen LogP contribution in [0.25, 0.3) is 0 Å².